The van der Waals surface area contributed by atoms with Crippen LogP contribution >= 0.6 is 0 Å². The summed E-state index contributed by atoms with van der Waals surface area (Å²) >= 11 is 0.862. The van der Waals surface area contributed by atoms with Gasteiger partial charge in [0, 0.05) is 5.60 Å². The number of rotatable bonds is 3. The van der Waals surface area contributed by atoms with Crippen LogP contribution in [0.4, 0.5) is 0 Å². The molecule has 0 unspecified atom stereocenters. The number of hydrogen-bond acceptors (Lipinski definition) is 1. The van der Waals surface area contributed by atoms with Gasteiger partial charge in [0.2, 0.25) is 0 Å². The van der Waals surface area contributed by atoms with Crippen LogP contribution in [-0.4, -0.2) is 22.2 Å². The van der Waals surface area contributed by atoms with E-state index in [4.69, 9.17) is 3.79 Å². The van der Waals surface area contributed by atoms with Crippen molar-refractivity contribution in [1.82, 2.24) is 0 Å². The maximum Gasteiger partial charge on any atom is 0.410 e. The van der Waals surface area contributed by atoms with Crippen LogP contribution < -0.4 is 0 Å². The molecule has 8 heavy (non-hydrogen) atoms. The molecule has 0 aliphatic heterocycles. The molecule has 0 aromatic rings. The van der Waals surface area contributed by atoms with E-state index in [2.05, 4.69) is 20.8 Å². The van der Waals surface area contributed by atoms with Crippen molar-refractivity contribution in [2.45, 2.75) is 39.2 Å². The second kappa shape index (κ2) is 3.50. The Labute approximate surface area is 60.2 Å². The molecule has 0 radical (unpaired) electrons. The Balaban J connectivity index is 3.37. The van der Waals surface area contributed by atoms with Crippen LogP contribution in [0.3, 0.4) is 0 Å². The minimum atomic E-state index is 0.154. The second-order valence-electron chi connectivity index (χ2n) is 2.71. The lowest BCUT2D eigenvalue weighted by Crippen LogP contribution is -2.22. The highest BCUT2D eigenvalue weighted by Crippen LogP contribution is 2.13. The van der Waals surface area contributed by atoms with E-state index in [0.29, 0.717) is 0 Å². The highest BCUT2D eigenvalue weighted by atomic mass is 27.1. The third kappa shape index (κ3) is 3.49. The summed E-state index contributed by atoms with van der Waals surface area (Å²) < 4.78 is 5.32. The molecule has 0 amide bonds. The first-order valence-electron chi connectivity index (χ1n) is 3.17. The van der Waals surface area contributed by atoms with Gasteiger partial charge < -0.3 is 3.79 Å². The summed E-state index contributed by atoms with van der Waals surface area (Å²) in [6.07, 6.45) is 2.39. The lowest BCUT2D eigenvalue weighted by Gasteiger charge is -2.23. The molecule has 2 heteroatoms. The molecule has 0 bridgehead atoms. The standard InChI is InChI=1S/C6H13O.Al.2H/c1-4-5-6(2,3)7;;;/h4-5H2,1-3H3;;;/q-1;+1;;. The molecule has 0 saturated heterocycles. The second-order valence-corrected chi connectivity index (χ2v) is 3.12. The fourth-order valence-electron chi connectivity index (χ4n) is 0.704. The molecular formula is C6H15AlO. The summed E-state index contributed by atoms with van der Waals surface area (Å²) in [6, 6.07) is 0. The van der Waals surface area contributed by atoms with E-state index in [0.717, 1.165) is 16.6 Å². The van der Waals surface area contributed by atoms with Gasteiger partial charge in [-0.3, -0.25) is 0 Å². The van der Waals surface area contributed by atoms with Gasteiger partial charge in [0.1, 0.15) is 0 Å². The van der Waals surface area contributed by atoms with Crippen molar-refractivity contribution in [2.24, 2.45) is 0 Å². The largest absolute Gasteiger partial charge is 0.502 e. The molecule has 48 valence electrons. The highest BCUT2D eigenvalue weighted by Gasteiger charge is 2.11. The van der Waals surface area contributed by atoms with E-state index < -0.39 is 0 Å². The quantitative estimate of drug-likeness (QED) is 0.520. The first-order chi connectivity index (χ1) is 3.62. The molecule has 0 aliphatic rings. The minimum absolute atomic E-state index is 0.154. The Morgan fingerprint density at radius 2 is 2.00 bits per heavy atom. The first kappa shape index (κ1) is 8.49. The van der Waals surface area contributed by atoms with Crippen molar-refractivity contribution in [3.05, 3.63) is 0 Å². The van der Waals surface area contributed by atoms with Crippen molar-refractivity contribution >= 4 is 16.6 Å². The molecule has 0 rings (SSSR count). The Kier molecular flexibility index (Phi) is 3.72. The van der Waals surface area contributed by atoms with Crippen molar-refractivity contribution in [2.75, 3.05) is 0 Å². The fourth-order valence-corrected chi connectivity index (χ4v) is 0.908. The van der Waals surface area contributed by atoms with E-state index in [1.165, 1.54) is 12.8 Å². The summed E-state index contributed by atoms with van der Waals surface area (Å²) in [7, 11) is 0. The van der Waals surface area contributed by atoms with Gasteiger partial charge in [-0.05, 0) is 20.3 Å². The van der Waals surface area contributed by atoms with E-state index in [1.54, 1.807) is 0 Å². The van der Waals surface area contributed by atoms with Crippen LogP contribution in [0.15, 0.2) is 0 Å². The molecule has 0 atom stereocenters. The maximum atomic E-state index is 5.32. The average Bonchev–Trinajstić information content (AvgIpc) is 1.67. The van der Waals surface area contributed by atoms with Crippen LogP contribution in [0.5, 0.6) is 0 Å². The third-order valence-electron chi connectivity index (χ3n) is 1.40. The van der Waals surface area contributed by atoms with Crippen LogP contribution in [-0.2, 0) is 3.79 Å². The van der Waals surface area contributed by atoms with Gasteiger partial charge in [0.15, 0.2) is 0 Å². The van der Waals surface area contributed by atoms with E-state index >= 15 is 0 Å². The fraction of sp³-hybridized carbons (Fsp3) is 1.00. The molecule has 1 nitrogen and oxygen atoms in total. The lowest BCUT2D eigenvalue weighted by molar-refractivity contribution is 0.112. The molecule has 0 N–H and O–H groups in total. The Morgan fingerprint density at radius 3 is 2.12 bits per heavy atom. The summed E-state index contributed by atoms with van der Waals surface area (Å²) in [5, 5.41) is 0. The predicted octanol–water partition coefficient (Wildman–Crippen LogP) is 1.13. The number of hydrogen-bond donors (Lipinski definition) is 0. The Hall–Kier alpha value is 0.492. The van der Waals surface area contributed by atoms with Crippen molar-refractivity contribution in [3.8, 4) is 0 Å². The third-order valence-corrected chi connectivity index (χ3v) is 2.51. The van der Waals surface area contributed by atoms with Crippen LogP contribution in [0, 0.1) is 0 Å². The van der Waals surface area contributed by atoms with Crippen molar-refractivity contribution in [3.63, 3.8) is 0 Å². The smallest absolute Gasteiger partial charge is 0.410 e. The van der Waals surface area contributed by atoms with Gasteiger partial charge in [-0.1, -0.05) is 13.3 Å². The zero-order chi connectivity index (χ0) is 6.62. The topological polar surface area (TPSA) is 9.23 Å². The lowest BCUT2D eigenvalue weighted by atomic mass is 10.0. The van der Waals surface area contributed by atoms with Gasteiger partial charge >= 0.3 is 16.6 Å². The molecule has 0 heterocycles. The van der Waals surface area contributed by atoms with Crippen LogP contribution in [0.2, 0.25) is 0 Å². The SMILES string of the molecule is CCCC(C)(C)[O][AlH2]. The van der Waals surface area contributed by atoms with Crippen LogP contribution in [0.25, 0.3) is 0 Å². The predicted molar refractivity (Wildman–Crippen MR) is 38.6 cm³/mol. The van der Waals surface area contributed by atoms with E-state index in [1.807, 2.05) is 0 Å². The molecule has 0 aliphatic carbocycles. The summed E-state index contributed by atoms with van der Waals surface area (Å²) in [6.45, 7) is 6.47. The Morgan fingerprint density at radius 1 is 1.50 bits per heavy atom. The van der Waals surface area contributed by atoms with Gasteiger partial charge in [-0.15, -0.1) is 0 Å². The summed E-state index contributed by atoms with van der Waals surface area (Å²) in [5.41, 5.74) is 0.154. The zero-order valence-electron chi connectivity index (χ0n) is 6.32. The zero-order valence-corrected chi connectivity index (χ0v) is 8.32. The molecule has 0 saturated carbocycles. The minimum Gasteiger partial charge on any atom is -0.502 e. The molecule has 0 spiro atoms. The normalized spacial score (nSPS) is 11.9. The monoisotopic (exact) mass is 130 g/mol. The van der Waals surface area contributed by atoms with Gasteiger partial charge in [-0.2, -0.15) is 0 Å². The van der Waals surface area contributed by atoms with Gasteiger partial charge in [-0.25, -0.2) is 0 Å². The Bertz CT molecular complexity index is 61.5. The molecule has 0 aromatic carbocycles. The van der Waals surface area contributed by atoms with E-state index in [-0.39, 0.29) is 5.60 Å². The van der Waals surface area contributed by atoms with E-state index in [9.17, 15) is 0 Å². The summed E-state index contributed by atoms with van der Waals surface area (Å²) in [5.74, 6) is 0. The van der Waals surface area contributed by atoms with Crippen LogP contribution in [0.1, 0.15) is 33.6 Å². The van der Waals surface area contributed by atoms with Crippen molar-refractivity contribution in [1.29, 1.82) is 0 Å². The molecule has 0 fully saturated rings. The first-order valence-corrected chi connectivity index (χ1v) is 3.99. The average molecular weight is 130 g/mol. The highest BCUT2D eigenvalue weighted by molar-refractivity contribution is 5.98. The molecule has 0 aromatic heterocycles. The van der Waals surface area contributed by atoms with Gasteiger partial charge in [0.05, 0.1) is 0 Å². The maximum absolute atomic E-state index is 5.32. The molecular weight excluding hydrogens is 115 g/mol. The van der Waals surface area contributed by atoms with Crippen molar-refractivity contribution < 1.29 is 3.79 Å². The van der Waals surface area contributed by atoms with Gasteiger partial charge in [0.25, 0.3) is 0 Å². The summed E-state index contributed by atoms with van der Waals surface area (Å²) in [4.78, 5) is 0.